The maximum absolute atomic E-state index is 6.09. The van der Waals surface area contributed by atoms with Gasteiger partial charge in [-0.05, 0) is 18.8 Å². The van der Waals surface area contributed by atoms with Gasteiger partial charge in [0, 0.05) is 12.6 Å². The van der Waals surface area contributed by atoms with Crippen molar-refractivity contribution >= 4 is 0 Å². The zero-order valence-electron chi connectivity index (χ0n) is 11.6. The van der Waals surface area contributed by atoms with E-state index in [0.717, 1.165) is 19.6 Å². The third-order valence-corrected chi connectivity index (χ3v) is 3.96. The smallest absolute Gasteiger partial charge is 0.0509 e. The minimum absolute atomic E-state index is 0.397. The second kappa shape index (κ2) is 9.90. The van der Waals surface area contributed by atoms with Gasteiger partial charge in [-0.3, -0.25) is 0 Å². The van der Waals surface area contributed by atoms with Crippen LogP contribution in [0.25, 0.3) is 0 Å². The lowest BCUT2D eigenvalue weighted by Crippen LogP contribution is -2.38. The Morgan fingerprint density at radius 1 is 1.00 bits per heavy atom. The van der Waals surface area contributed by atoms with Gasteiger partial charge in [-0.1, -0.05) is 58.3 Å². The fraction of sp³-hybridized carbons (Fsp3) is 1.00. The highest BCUT2D eigenvalue weighted by atomic mass is 16.5. The monoisotopic (exact) mass is 241 g/mol. The molecule has 2 unspecified atom stereocenters. The molecule has 2 nitrogen and oxygen atoms in total. The SMILES string of the molecule is CCCCCCCCCCC1COCCC1N. The predicted molar refractivity (Wildman–Crippen MR) is 74.1 cm³/mol. The van der Waals surface area contributed by atoms with Gasteiger partial charge in [-0.15, -0.1) is 0 Å². The van der Waals surface area contributed by atoms with Gasteiger partial charge in [0.05, 0.1) is 6.61 Å². The summed E-state index contributed by atoms with van der Waals surface area (Å²) in [5.41, 5.74) is 6.09. The molecule has 1 heterocycles. The summed E-state index contributed by atoms with van der Waals surface area (Å²) in [7, 11) is 0. The van der Waals surface area contributed by atoms with Crippen molar-refractivity contribution in [3.8, 4) is 0 Å². The second-order valence-electron chi connectivity index (χ2n) is 5.55. The minimum Gasteiger partial charge on any atom is -0.381 e. The van der Waals surface area contributed by atoms with Gasteiger partial charge in [-0.2, -0.15) is 0 Å². The van der Waals surface area contributed by atoms with Crippen molar-refractivity contribution in [2.45, 2.75) is 77.2 Å². The van der Waals surface area contributed by atoms with Crippen molar-refractivity contribution in [2.24, 2.45) is 11.7 Å². The van der Waals surface area contributed by atoms with Crippen molar-refractivity contribution < 1.29 is 4.74 Å². The molecular formula is C15H31NO. The van der Waals surface area contributed by atoms with Crippen molar-refractivity contribution in [2.75, 3.05) is 13.2 Å². The molecule has 1 fully saturated rings. The summed E-state index contributed by atoms with van der Waals surface area (Å²) in [6.45, 7) is 4.04. The molecular weight excluding hydrogens is 210 g/mol. The minimum atomic E-state index is 0.397. The molecule has 0 aromatic carbocycles. The molecule has 2 heteroatoms. The number of ether oxygens (including phenoxy) is 1. The Labute approximate surface area is 107 Å². The van der Waals surface area contributed by atoms with E-state index in [1.54, 1.807) is 0 Å². The molecule has 0 spiro atoms. The number of rotatable bonds is 9. The molecule has 1 aliphatic heterocycles. The molecule has 1 aliphatic rings. The van der Waals surface area contributed by atoms with Crippen LogP contribution in [0, 0.1) is 5.92 Å². The summed E-state index contributed by atoms with van der Waals surface area (Å²) in [6, 6.07) is 0.397. The molecule has 102 valence electrons. The summed E-state index contributed by atoms with van der Waals surface area (Å²) in [4.78, 5) is 0. The third kappa shape index (κ3) is 7.05. The van der Waals surface area contributed by atoms with E-state index in [4.69, 9.17) is 10.5 Å². The summed E-state index contributed by atoms with van der Waals surface area (Å²) in [5, 5.41) is 0. The van der Waals surface area contributed by atoms with Crippen molar-refractivity contribution in [3.05, 3.63) is 0 Å². The van der Waals surface area contributed by atoms with Gasteiger partial charge in [0.1, 0.15) is 0 Å². The largest absolute Gasteiger partial charge is 0.381 e. The quantitative estimate of drug-likeness (QED) is 0.622. The Morgan fingerprint density at radius 3 is 2.29 bits per heavy atom. The van der Waals surface area contributed by atoms with Crippen LogP contribution in [0.4, 0.5) is 0 Å². The molecule has 2 N–H and O–H groups in total. The summed E-state index contributed by atoms with van der Waals surface area (Å²) >= 11 is 0. The van der Waals surface area contributed by atoms with Crippen LogP contribution in [0.1, 0.15) is 71.1 Å². The molecule has 0 aromatic heterocycles. The molecule has 0 aromatic rings. The molecule has 0 radical (unpaired) electrons. The fourth-order valence-electron chi connectivity index (χ4n) is 2.65. The molecule has 0 bridgehead atoms. The average Bonchev–Trinajstić information content (AvgIpc) is 2.35. The van der Waals surface area contributed by atoms with E-state index in [1.807, 2.05) is 0 Å². The van der Waals surface area contributed by atoms with E-state index in [9.17, 15) is 0 Å². The van der Waals surface area contributed by atoms with E-state index in [-0.39, 0.29) is 0 Å². The van der Waals surface area contributed by atoms with Crippen molar-refractivity contribution in [1.29, 1.82) is 0 Å². The Bertz CT molecular complexity index is 172. The first-order chi connectivity index (χ1) is 8.34. The Hall–Kier alpha value is -0.0800. The number of hydrogen-bond donors (Lipinski definition) is 1. The summed E-state index contributed by atoms with van der Waals surface area (Å²) in [6.07, 6.45) is 13.5. The lowest BCUT2D eigenvalue weighted by molar-refractivity contribution is 0.0378. The summed E-state index contributed by atoms with van der Waals surface area (Å²) < 4.78 is 5.49. The maximum Gasteiger partial charge on any atom is 0.0509 e. The number of nitrogens with two attached hydrogens (primary N) is 1. The Balaban J connectivity index is 1.86. The average molecular weight is 241 g/mol. The molecule has 0 saturated carbocycles. The van der Waals surface area contributed by atoms with Crippen LogP contribution in [0.2, 0.25) is 0 Å². The lowest BCUT2D eigenvalue weighted by atomic mass is 9.91. The first kappa shape index (κ1) is 15.0. The van der Waals surface area contributed by atoms with Gasteiger partial charge in [0.2, 0.25) is 0 Å². The first-order valence-corrected chi connectivity index (χ1v) is 7.68. The molecule has 0 aliphatic carbocycles. The zero-order valence-corrected chi connectivity index (χ0v) is 11.6. The van der Waals surface area contributed by atoms with E-state index < -0.39 is 0 Å². The van der Waals surface area contributed by atoms with Crippen molar-refractivity contribution in [3.63, 3.8) is 0 Å². The third-order valence-electron chi connectivity index (χ3n) is 3.96. The van der Waals surface area contributed by atoms with E-state index in [2.05, 4.69) is 6.92 Å². The highest BCUT2D eigenvalue weighted by Crippen LogP contribution is 2.20. The van der Waals surface area contributed by atoms with Crippen LogP contribution < -0.4 is 5.73 Å². The number of unbranched alkanes of at least 4 members (excludes halogenated alkanes) is 7. The Kier molecular flexibility index (Phi) is 8.72. The van der Waals surface area contributed by atoms with E-state index in [0.29, 0.717) is 12.0 Å². The van der Waals surface area contributed by atoms with Crippen LogP contribution in [-0.2, 0) is 4.74 Å². The van der Waals surface area contributed by atoms with Gasteiger partial charge in [0.15, 0.2) is 0 Å². The van der Waals surface area contributed by atoms with Crippen LogP contribution in [0.5, 0.6) is 0 Å². The van der Waals surface area contributed by atoms with Gasteiger partial charge >= 0.3 is 0 Å². The van der Waals surface area contributed by atoms with E-state index >= 15 is 0 Å². The number of hydrogen-bond acceptors (Lipinski definition) is 2. The Morgan fingerprint density at radius 2 is 1.65 bits per heavy atom. The topological polar surface area (TPSA) is 35.2 Å². The van der Waals surface area contributed by atoms with Gasteiger partial charge in [0.25, 0.3) is 0 Å². The standard InChI is InChI=1S/C15H31NO/c1-2-3-4-5-6-7-8-9-10-14-13-17-12-11-15(14)16/h14-15H,2-13,16H2,1H3. The molecule has 0 amide bonds. The molecule has 17 heavy (non-hydrogen) atoms. The zero-order chi connectivity index (χ0) is 12.3. The fourth-order valence-corrected chi connectivity index (χ4v) is 2.65. The lowest BCUT2D eigenvalue weighted by Gasteiger charge is -2.28. The maximum atomic E-state index is 6.09. The van der Waals surface area contributed by atoms with Gasteiger partial charge in [-0.25, -0.2) is 0 Å². The van der Waals surface area contributed by atoms with Crippen molar-refractivity contribution in [1.82, 2.24) is 0 Å². The predicted octanol–water partition coefficient (Wildman–Crippen LogP) is 3.88. The van der Waals surface area contributed by atoms with Crippen LogP contribution in [0.15, 0.2) is 0 Å². The van der Waals surface area contributed by atoms with Gasteiger partial charge < -0.3 is 10.5 Å². The highest BCUT2D eigenvalue weighted by molar-refractivity contribution is 4.76. The van der Waals surface area contributed by atoms with Crippen LogP contribution >= 0.6 is 0 Å². The normalized spacial score (nSPS) is 25.1. The molecule has 1 rings (SSSR count). The summed E-state index contributed by atoms with van der Waals surface area (Å²) in [5.74, 6) is 0.629. The van der Waals surface area contributed by atoms with E-state index in [1.165, 1.54) is 57.8 Å². The molecule has 2 atom stereocenters. The second-order valence-corrected chi connectivity index (χ2v) is 5.55. The highest BCUT2D eigenvalue weighted by Gasteiger charge is 2.21. The van der Waals surface area contributed by atoms with Crippen LogP contribution in [-0.4, -0.2) is 19.3 Å². The first-order valence-electron chi connectivity index (χ1n) is 7.68. The molecule has 1 saturated heterocycles. The van der Waals surface area contributed by atoms with Crippen LogP contribution in [0.3, 0.4) is 0 Å².